The summed E-state index contributed by atoms with van der Waals surface area (Å²) >= 11 is 0. The highest BCUT2D eigenvalue weighted by molar-refractivity contribution is 5.17. The zero-order valence-corrected chi connectivity index (χ0v) is 12.3. The van der Waals surface area contributed by atoms with E-state index < -0.39 is 0 Å². The number of nitrogens with one attached hydrogen (secondary N) is 1. The summed E-state index contributed by atoms with van der Waals surface area (Å²) in [5.41, 5.74) is 0. The third-order valence-electron chi connectivity index (χ3n) is 4.19. The molecular weight excluding hydrogens is 250 g/mol. The van der Waals surface area contributed by atoms with Gasteiger partial charge in [0, 0.05) is 18.4 Å². The minimum atomic E-state index is 0.452. The van der Waals surface area contributed by atoms with Gasteiger partial charge in [0.15, 0.2) is 0 Å². The highest BCUT2D eigenvalue weighted by atomic mass is 16.3. The maximum atomic E-state index is 5.90. The van der Waals surface area contributed by atoms with Crippen LogP contribution in [0.2, 0.25) is 0 Å². The average Bonchev–Trinajstić information content (AvgIpc) is 2.92. The van der Waals surface area contributed by atoms with Crippen LogP contribution >= 0.6 is 0 Å². The fraction of sp³-hybridized carbons (Fsp3) is 0.529. The van der Waals surface area contributed by atoms with Gasteiger partial charge in [0.2, 0.25) is 0 Å². The van der Waals surface area contributed by atoms with Crippen LogP contribution in [0.3, 0.4) is 0 Å². The van der Waals surface area contributed by atoms with Crippen molar-refractivity contribution in [3.05, 3.63) is 47.8 Å². The summed E-state index contributed by atoms with van der Waals surface area (Å²) in [7, 11) is 0. The third-order valence-corrected chi connectivity index (χ3v) is 4.19. The zero-order chi connectivity index (χ0) is 13.9. The SMILES string of the molecule is CC(CCc1ccco1)NCc1ccc(C2CC2C)o1. The molecule has 3 rings (SSSR count). The van der Waals surface area contributed by atoms with Crippen molar-refractivity contribution in [2.45, 2.75) is 51.6 Å². The van der Waals surface area contributed by atoms with Crippen molar-refractivity contribution in [1.82, 2.24) is 5.32 Å². The molecular formula is C17H23NO2. The van der Waals surface area contributed by atoms with Gasteiger partial charge in [-0.1, -0.05) is 6.92 Å². The Morgan fingerprint density at radius 1 is 1.30 bits per heavy atom. The summed E-state index contributed by atoms with van der Waals surface area (Å²) in [5, 5.41) is 3.51. The first kappa shape index (κ1) is 13.5. The van der Waals surface area contributed by atoms with Gasteiger partial charge < -0.3 is 14.2 Å². The van der Waals surface area contributed by atoms with Gasteiger partial charge in [-0.05, 0) is 49.9 Å². The Hall–Kier alpha value is -1.48. The van der Waals surface area contributed by atoms with Crippen molar-refractivity contribution in [3.8, 4) is 0 Å². The Kier molecular flexibility index (Phi) is 3.97. The van der Waals surface area contributed by atoms with Crippen LogP contribution in [0.1, 0.15) is 49.9 Å². The van der Waals surface area contributed by atoms with Gasteiger partial charge in [-0.3, -0.25) is 0 Å². The molecule has 3 heteroatoms. The largest absolute Gasteiger partial charge is 0.469 e. The highest BCUT2D eigenvalue weighted by Crippen LogP contribution is 2.47. The quantitative estimate of drug-likeness (QED) is 0.825. The Bertz CT molecular complexity index is 529. The third kappa shape index (κ3) is 3.34. The predicted molar refractivity (Wildman–Crippen MR) is 78.6 cm³/mol. The first-order valence-electron chi connectivity index (χ1n) is 7.56. The molecule has 3 nitrogen and oxygen atoms in total. The van der Waals surface area contributed by atoms with E-state index in [1.807, 2.05) is 12.1 Å². The Morgan fingerprint density at radius 3 is 2.85 bits per heavy atom. The van der Waals surface area contributed by atoms with Crippen molar-refractivity contribution in [3.63, 3.8) is 0 Å². The van der Waals surface area contributed by atoms with E-state index >= 15 is 0 Å². The van der Waals surface area contributed by atoms with E-state index in [0.29, 0.717) is 12.0 Å². The van der Waals surface area contributed by atoms with Gasteiger partial charge in [0.05, 0.1) is 12.8 Å². The second-order valence-corrected chi connectivity index (χ2v) is 6.02. The molecule has 0 spiro atoms. The molecule has 1 N–H and O–H groups in total. The number of furan rings is 2. The molecule has 1 fully saturated rings. The van der Waals surface area contributed by atoms with Crippen LogP contribution in [0, 0.1) is 5.92 Å². The minimum absolute atomic E-state index is 0.452. The van der Waals surface area contributed by atoms with Gasteiger partial charge in [0.25, 0.3) is 0 Å². The predicted octanol–water partition coefficient (Wildman–Crippen LogP) is 4.11. The van der Waals surface area contributed by atoms with Crippen molar-refractivity contribution in [2.24, 2.45) is 5.92 Å². The maximum absolute atomic E-state index is 5.90. The molecule has 0 saturated heterocycles. The van der Waals surface area contributed by atoms with Crippen LogP contribution in [0.25, 0.3) is 0 Å². The van der Waals surface area contributed by atoms with Crippen molar-refractivity contribution >= 4 is 0 Å². The molecule has 2 aromatic rings. The number of aryl methyl sites for hydroxylation is 1. The molecule has 2 aromatic heterocycles. The number of rotatable bonds is 7. The first-order chi connectivity index (χ1) is 9.72. The zero-order valence-electron chi connectivity index (χ0n) is 12.3. The molecule has 0 radical (unpaired) electrons. The van der Waals surface area contributed by atoms with E-state index in [2.05, 4.69) is 31.3 Å². The summed E-state index contributed by atoms with van der Waals surface area (Å²) in [5.74, 6) is 4.73. The van der Waals surface area contributed by atoms with Gasteiger partial charge >= 0.3 is 0 Å². The molecule has 2 heterocycles. The Morgan fingerprint density at radius 2 is 2.15 bits per heavy atom. The second-order valence-electron chi connectivity index (χ2n) is 6.02. The van der Waals surface area contributed by atoms with Crippen LogP contribution in [-0.4, -0.2) is 6.04 Å². The lowest BCUT2D eigenvalue weighted by molar-refractivity contribution is 0.412. The van der Waals surface area contributed by atoms with Crippen LogP contribution in [0.5, 0.6) is 0 Å². The average molecular weight is 273 g/mol. The molecule has 0 amide bonds. The molecule has 3 atom stereocenters. The van der Waals surface area contributed by atoms with E-state index in [-0.39, 0.29) is 0 Å². The lowest BCUT2D eigenvalue weighted by atomic mass is 10.1. The van der Waals surface area contributed by atoms with E-state index in [9.17, 15) is 0 Å². The lowest BCUT2D eigenvalue weighted by Gasteiger charge is -2.11. The van der Waals surface area contributed by atoms with Crippen LogP contribution in [0.4, 0.5) is 0 Å². The van der Waals surface area contributed by atoms with E-state index in [1.165, 1.54) is 6.42 Å². The summed E-state index contributed by atoms with van der Waals surface area (Å²) < 4.78 is 11.2. The first-order valence-corrected chi connectivity index (χ1v) is 7.56. The minimum Gasteiger partial charge on any atom is -0.469 e. The Balaban J connectivity index is 1.41. The molecule has 20 heavy (non-hydrogen) atoms. The van der Waals surface area contributed by atoms with Crippen molar-refractivity contribution < 1.29 is 8.83 Å². The maximum Gasteiger partial charge on any atom is 0.117 e. The highest BCUT2D eigenvalue weighted by Gasteiger charge is 2.36. The number of hydrogen-bond donors (Lipinski definition) is 1. The second kappa shape index (κ2) is 5.88. The molecule has 0 bridgehead atoms. The van der Waals surface area contributed by atoms with Gasteiger partial charge in [0.1, 0.15) is 17.3 Å². The smallest absolute Gasteiger partial charge is 0.117 e. The fourth-order valence-electron chi connectivity index (χ4n) is 2.60. The number of hydrogen-bond acceptors (Lipinski definition) is 3. The molecule has 1 saturated carbocycles. The summed E-state index contributed by atoms with van der Waals surface area (Å²) in [6, 6.07) is 8.66. The molecule has 1 aliphatic carbocycles. The lowest BCUT2D eigenvalue weighted by Crippen LogP contribution is -2.25. The van der Waals surface area contributed by atoms with Crippen molar-refractivity contribution in [2.75, 3.05) is 0 Å². The topological polar surface area (TPSA) is 38.3 Å². The monoisotopic (exact) mass is 273 g/mol. The van der Waals surface area contributed by atoms with E-state index in [0.717, 1.165) is 42.6 Å². The van der Waals surface area contributed by atoms with Crippen LogP contribution < -0.4 is 5.32 Å². The summed E-state index contributed by atoms with van der Waals surface area (Å²) in [6.07, 6.45) is 5.06. The summed E-state index contributed by atoms with van der Waals surface area (Å²) in [6.45, 7) is 5.29. The molecule has 3 unspecified atom stereocenters. The van der Waals surface area contributed by atoms with Crippen LogP contribution in [0.15, 0.2) is 39.4 Å². The Labute approximate surface area is 120 Å². The standard InChI is InChI=1S/C17H23NO2/c1-12-10-16(12)17-8-7-15(20-17)11-18-13(2)5-6-14-4-3-9-19-14/h3-4,7-9,12-13,16,18H,5-6,10-11H2,1-2H3. The van der Waals surface area contributed by atoms with E-state index in [1.54, 1.807) is 6.26 Å². The van der Waals surface area contributed by atoms with E-state index in [4.69, 9.17) is 8.83 Å². The van der Waals surface area contributed by atoms with Gasteiger partial charge in [-0.15, -0.1) is 0 Å². The fourth-order valence-corrected chi connectivity index (χ4v) is 2.60. The van der Waals surface area contributed by atoms with Gasteiger partial charge in [-0.25, -0.2) is 0 Å². The molecule has 0 aromatic carbocycles. The summed E-state index contributed by atoms with van der Waals surface area (Å²) in [4.78, 5) is 0. The van der Waals surface area contributed by atoms with Crippen molar-refractivity contribution in [1.29, 1.82) is 0 Å². The van der Waals surface area contributed by atoms with Gasteiger partial charge in [-0.2, -0.15) is 0 Å². The molecule has 1 aliphatic rings. The molecule has 0 aliphatic heterocycles. The normalized spacial score (nSPS) is 22.9. The molecule has 108 valence electrons. The van der Waals surface area contributed by atoms with Crippen LogP contribution in [-0.2, 0) is 13.0 Å².